The van der Waals surface area contributed by atoms with Crippen molar-refractivity contribution < 1.29 is 4.74 Å². The van der Waals surface area contributed by atoms with Crippen LogP contribution >= 0.6 is 0 Å². The monoisotopic (exact) mass is 296 g/mol. The first-order valence-electron chi connectivity index (χ1n) is 8.59. The van der Waals surface area contributed by atoms with E-state index in [1.807, 2.05) is 0 Å². The fraction of sp³-hybridized carbons (Fsp3) is 0.938. The minimum absolute atomic E-state index is 0.322. The highest BCUT2D eigenvalue weighted by molar-refractivity contribution is 5.80. The summed E-state index contributed by atoms with van der Waals surface area (Å²) in [4.78, 5) is 7.25. The summed E-state index contributed by atoms with van der Waals surface area (Å²) >= 11 is 0. The summed E-state index contributed by atoms with van der Waals surface area (Å²) in [6.07, 6.45) is 5.04. The number of guanidine groups is 1. The van der Waals surface area contributed by atoms with Crippen LogP contribution in [-0.2, 0) is 4.74 Å². The molecule has 2 saturated heterocycles. The summed E-state index contributed by atoms with van der Waals surface area (Å²) in [6, 6.07) is 1.20. The van der Waals surface area contributed by atoms with Crippen LogP contribution in [0.15, 0.2) is 4.99 Å². The molecule has 2 aliphatic rings. The van der Waals surface area contributed by atoms with Crippen LogP contribution in [-0.4, -0.2) is 61.8 Å². The Morgan fingerprint density at radius 3 is 2.62 bits per heavy atom. The molecule has 0 bridgehead atoms. The normalized spacial score (nSPS) is 25.5. The number of ether oxygens (including phenoxy) is 1. The van der Waals surface area contributed by atoms with Crippen LogP contribution < -0.4 is 10.6 Å². The van der Waals surface area contributed by atoms with E-state index in [1.165, 1.54) is 32.4 Å². The highest BCUT2D eigenvalue weighted by Crippen LogP contribution is 2.14. The van der Waals surface area contributed by atoms with Gasteiger partial charge in [-0.05, 0) is 46.5 Å². The Bertz CT molecular complexity index is 318. The van der Waals surface area contributed by atoms with E-state index in [2.05, 4.69) is 36.3 Å². The van der Waals surface area contributed by atoms with E-state index in [0.717, 1.165) is 32.1 Å². The van der Waals surface area contributed by atoms with Gasteiger partial charge in [0.15, 0.2) is 5.96 Å². The van der Waals surface area contributed by atoms with Gasteiger partial charge in [0.1, 0.15) is 0 Å². The second kappa shape index (κ2) is 8.59. The first-order chi connectivity index (χ1) is 10.2. The molecule has 0 radical (unpaired) electrons. The molecule has 2 N–H and O–H groups in total. The third-order valence-corrected chi connectivity index (χ3v) is 4.42. The van der Waals surface area contributed by atoms with Crippen LogP contribution in [0.4, 0.5) is 0 Å². The molecule has 2 heterocycles. The Kier molecular flexibility index (Phi) is 6.77. The molecule has 0 saturated carbocycles. The molecular formula is C16H32N4O. The molecule has 122 valence electrons. The second-order valence-electron chi connectivity index (χ2n) is 6.40. The summed E-state index contributed by atoms with van der Waals surface area (Å²) in [7, 11) is 0. The summed E-state index contributed by atoms with van der Waals surface area (Å²) in [6.45, 7) is 11.6. The van der Waals surface area contributed by atoms with Crippen molar-refractivity contribution in [1.29, 1.82) is 0 Å². The van der Waals surface area contributed by atoms with Crippen LogP contribution in [0.1, 0.15) is 46.5 Å². The van der Waals surface area contributed by atoms with Crippen LogP contribution in [0.2, 0.25) is 0 Å². The second-order valence-corrected chi connectivity index (χ2v) is 6.40. The first kappa shape index (κ1) is 16.6. The maximum absolute atomic E-state index is 5.64. The number of nitrogens with zero attached hydrogens (tertiary/aromatic N) is 2. The molecule has 5 heteroatoms. The number of piperidine rings is 1. The topological polar surface area (TPSA) is 48.9 Å². The quantitative estimate of drug-likeness (QED) is 0.597. The maximum Gasteiger partial charge on any atom is 0.191 e. The van der Waals surface area contributed by atoms with Crippen LogP contribution in [0.25, 0.3) is 0 Å². The van der Waals surface area contributed by atoms with Gasteiger partial charge in [0, 0.05) is 38.3 Å². The van der Waals surface area contributed by atoms with E-state index in [0.29, 0.717) is 18.2 Å². The number of rotatable bonds is 5. The molecule has 0 aromatic heterocycles. The summed E-state index contributed by atoms with van der Waals surface area (Å²) in [5.74, 6) is 0.955. The molecule has 0 aliphatic carbocycles. The standard InChI is InChI=1S/C16H32N4O/c1-4-17-16(18-12-15-6-5-11-21-15)19-14-7-9-20(10-8-14)13(2)3/h13-15H,4-12H2,1-3H3,(H2,17,18,19). The first-order valence-corrected chi connectivity index (χ1v) is 8.59. The molecular weight excluding hydrogens is 264 g/mol. The molecule has 21 heavy (non-hydrogen) atoms. The van der Waals surface area contributed by atoms with Crippen molar-refractivity contribution in [2.45, 2.75) is 64.6 Å². The minimum Gasteiger partial charge on any atom is -0.376 e. The number of hydrogen-bond donors (Lipinski definition) is 2. The molecule has 5 nitrogen and oxygen atoms in total. The maximum atomic E-state index is 5.64. The fourth-order valence-electron chi connectivity index (χ4n) is 3.05. The van der Waals surface area contributed by atoms with Crippen LogP contribution in [0, 0.1) is 0 Å². The van der Waals surface area contributed by atoms with Gasteiger partial charge >= 0.3 is 0 Å². The highest BCUT2D eigenvalue weighted by atomic mass is 16.5. The van der Waals surface area contributed by atoms with Gasteiger partial charge in [-0.1, -0.05) is 0 Å². The molecule has 0 aromatic rings. The van der Waals surface area contributed by atoms with Gasteiger partial charge in [-0.15, -0.1) is 0 Å². The zero-order chi connectivity index (χ0) is 15.1. The van der Waals surface area contributed by atoms with Crippen LogP contribution in [0.5, 0.6) is 0 Å². The van der Waals surface area contributed by atoms with Gasteiger partial charge < -0.3 is 20.3 Å². The summed E-state index contributed by atoms with van der Waals surface area (Å²) in [5, 5.41) is 6.95. The number of aliphatic imine (C=N–C) groups is 1. The van der Waals surface area contributed by atoms with Crippen molar-refractivity contribution in [3.63, 3.8) is 0 Å². The van der Waals surface area contributed by atoms with Crippen molar-refractivity contribution in [3.05, 3.63) is 0 Å². The lowest BCUT2D eigenvalue weighted by Gasteiger charge is -2.35. The Morgan fingerprint density at radius 1 is 1.29 bits per heavy atom. The van der Waals surface area contributed by atoms with Crippen molar-refractivity contribution in [3.8, 4) is 0 Å². The van der Waals surface area contributed by atoms with E-state index < -0.39 is 0 Å². The molecule has 2 rings (SSSR count). The Balaban J connectivity index is 1.78. The van der Waals surface area contributed by atoms with Gasteiger partial charge in [-0.2, -0.15) is 0 Å². The summed E-state index contributed by atoms with van der Waals surface area (Å²) in [5.41, 5.74) is 0. The number of hydrogen-bond acceptors (Lipinski definition) is 3. The van der Waals surface area contributed by atoms with Gasteiger partial charge in [-0.25, -0.2) is 0 Å². The Hall–Kier alpha value is -0.810. The number of nitrogens with one attached hydrogen (secondary N) is 2. The predicted octanol–water partition coefficient (Wildman–Crippen LogP) is 1.59. The van der Waals surface area contributed by atoms with Crippen molar-refractivity contribution in [2.75, 3.05) is 32.8 Å². The van der Waals surface area contributed by atoms with Crippen molar-refractivity contribution >= 4 is 5.96 Å². The van der Waals surface area contributed by atoms with Crippen molar-refractivity contribution in [1.82, 2.24) is 15.5 Å². The Labute approximate surface area is 129 Å². The van der Waals surface area contributed by atoms with E-state index in [1.54, 1.807) is 0 Å². The van der Waals surface area contributed by atoms with Gasteiger partial charge in [-0.3, -0.25) is 4.99 Å². The van der Waals surface area contributed by atoms with E-state index >= 15 is 0 Å². The molecule has 1 atom stereocenters. The lowest BCUT2D eigenvalue weighted by Crippen LogP contribution is -2.50. The van der Waals surface area contributed by atoms with Crippen molar-refractivity contribution in [2.24, 2.45) is 4.99 Å². The Morgan fingerprint density at radius 2 is 2.05 bits per heavy atom. The molecule has 0 aromatic carbocycles. The third-order valence-electron chi connectivity index (χ3n) is 4.42. The SMILES string of the molecule is CCNC(=NCC1CCCO1)NC1CCN(C(C)C)CC1. The summed E-state index contributed by atoms with van der Waals surface area (Å²) < 4.78 is 5.64. The zero-order valence-corrected chi connectivity index (χ0v) is 13.9. The van der Waals surface area contributed by atoms with E-state index in [9.17, 15) is 0 Å². The third kappa shape index (κ3) is 5.47. The lowest BCUT2D eigenvalue weighted by atomic mass is 10.0. The van der Waals surface area contributed by atoms with Crippen LogP contribution in [0.3, 0.4) is 0 Å². The van der Waals surface area contributed by atoms with E-state index in [-0.39, 0.29) is 0 Å². The van der Waals surface area contributed by atoms with Gasteiger partial charge in [0.05, 0.1) is 12.6 Å². The predicted molar refractivity (Wildman–Crippen MR) is 87.8 cm³/mol. The minimum atomic E-state index is 0.322. The van der Waals surface area contributed by atoms with E-state index in [4.69, 9.17) is 9.73 Å². The van der Waals surface area contributed by atoms with Gasteiger partial charge in [0.25, 0.3) is 0 Å². The average molecular weight is 296 g/mol. The lowest BCUT2D eigenvalue weighted by molar-refractivity contribution is 0.117. The largest absolute Gasteiger partial charge is 0.376 e. The molecule has 0 amide bonds. The molecule has 1 unspecified atom stereocenters. The molecule has 2 fully saturated rings. The fourth-order valence-corrected chi connectivity index (χ4v) is 3.05. The average Bonchev–Trinajstić information content (AvgIpc) is 2.99. The number of likely N-dealkylation sites (tertiary alicyclic amines) is 1. The highest BCUT2D eigenvalue weighted by Gasteiger charge is 2.21. The molecule has 2 aliphatic heterocycles. The van der Waals surface area contributed by atoms with Gasteiger partial charge in [0.2, 0.25) is 0 Å². The smallest absolute Gasteiger partial charge is 0.191 e. The molecule has 0 spiro atoms. The zero-order valence-electron chi connectivity index (χ0n) is 13.9.